The highest BCUT2D eigenvalue weighted by molar-refractivity contribution is 6.10. The van der Waals surface area contributed by atoms with Crippen molar-refractivity contribution >= 4 is 49.8 Å². The van der Waals surface area contributed by atoms with Crippen molar-refractivity contribution in [1.29, 1.82) is 0 Å². The van der Waals surface area contributed by atoms with Crippen LogP contribution in [0.4, 0.5) is 5.69 Å². The van der Waals surface area contributed by atoms with E-state index in [4.69, 9.17) is 0 Å². The summed E-state index contributed by atoms with van der Waals surface area (Å²) in [4.78, 5) is 24.9. The highest BCUT2D eigenvalue weighted by Gasteiger charge is 2.14. The molecule has 0 aliphatic heterocycles. The largest absolute Gasteiger partial charge is 0.507 e. The highest BCUT2D eigenvalue weighted by atomic mass is 16.3. The van der Waals surface area contributed by atoms with Crippen LogP contribution >= 0.6 is 0 Å². The lowest BCUT2D eigenvalue weighted by atomic mass is 10.0. The number of phenols is 1. The van der Waals surface area contributed by atoms with Gasteiger partial charge in [0, 0.05) is 18.3 Å². The summed E-state index contributed by atoms with van der Waals surface area (Å²) in [7, 11) is 1.56. The number of amides is 2. The lowest BCUT2D eigenvalue weighted by Gasteiger charge is -2.10. The third kappa shape index (κ3) is 3.50. The highest BCUT2D eigenvalue weighted by Crippen LogP contribution is 2.29. The van der Waals surface area contributed by atoms with Gasteiger partial charge < -0.3 is 15.7 Å². The molecule has 0 aliphatic rings. The van der Waals surface area contributed by atoms with E-state index in [9.17, 15) is 14.7 Å². The Morgan fingerprint density at radius 3 is 2.03 bits per heavy atom. The number of phenolic OH excluding ortho intramolecular Hbond substituents is 1. The van der Waals surface area contributed by atoms with Gasteiger partial charge in [-0.2, -0.15) is 0 Å². The fourth-order valence-corrected chi connectivity index (χ4v) is 3.97. The lowest BCUT2D eigenvalue weighted by molar-refractivity contribution is 0.0962. The Labute approximate surface area is 184 Å². The lowest BCUT2D eigenvalue weighted by Crippen LogP contribution is -2.17. The third-order valence-corrected chi connectivity index (χ3v) is 5.65. The van der Waals surface area contributed by atoms with Crippen LogP contribution in [0.1, 0.15) is 20.7 Å². The first-order valence-electron chi connectivity index (χ1n) is 10.2. The summed E-state index contributed by atoms with van der Waals surface area (Å²) in [6, 6.07) is 26.3. The van der Waals surface area contributed by atoms with Crippen LogP contribution in [0.2, 0.25) is 0 Å². The minimum absolute atomic E-state index is 0.116. The molecule has 0 saturated carbocycles. The summed E-state index contributed by atoms with van der Waals surface area (Å²) in [6.07, 6.45) is 0. The molecule has 2 amide bonds. The number of rotatable bonds is 3. The Hall–Kier alpha value is -4.38. The summed E-state index contributed by atoms with van der Waals surface area (Å²) in [6.45, 7) is 0. The molecule has 0 heterocycles. The fourth-order valence-electron chi connectivity index (χ4n) is 3.97. The Morgan fingerprint density at radius 1 is 0.656 bits per heavy atom. The number of carbonyl (C=O) groups excluding carboxylic acids is 2. The van der Waals surface area contributed by atoms with Crippen molar-refractivity contribution in [2.24, 2.45) is 0 Å². The van der Waals surface area contributed by atoms with Gasteiger partial charge in [0.1, 0.15) is 5.75 Å². The minimum Gasteiger partial charge on any atom is -0.507 e. The molecule has 0 unspecified atom stereocenters. The molecule has 0 bridgehead atoms. The Morgan fingerprint density at radius 2 is 1.28 bits per heavy atom. The van der Waals surface area contributed by atoms with E-state index in [2.05, 4.69) is 34.9 Å². The van der Waals surface area contributed by atoms with E-state index in [-0.39, 0.29) is 17.2 Å². The summed E-state index contributed by atoms with van der Waals surface area (Å²) in [5, 5.41) is 21.7. The molecule has 0 radical (unpaired) electrons. The molecular weight excluding hydrogens is 400 g/mol. The predicted octanol–water partition coefficient (Wildman–Crippen LogP) is 5.46. The van der Waals surface area contributed by atoms with Crippen LogP contribution in [0.3, 0.4) is 0 Å². The molecule has 3 N–H and O–H groups in total. The number of hydrogen-bond donors (Lipinski definition) is 3. The van der Waals surface area contributed by atoms with Gasteiger partial charge in [0.15, 0.2) is 0 Å². The van der Waals surface area contributed by atoms with E-state index < -0.39 is 5.91 Å². The number of hydrogen-bond acceptors (Lipinski definition) is 3. The van der Waals surface area contributed by atoms with Crippen molar-refractivity contribution in [2.45, 2.75) is 0 Å². The third-order valence-electron chi connectivity index (χ3n) is 5.65. The van der Waals surface area contributed by atoms with Crippen LogP contribution in [0.5, 0.6) is 5.75 Å². The summed E-state index contributed by atoms with van der Waals surface area (Å²) in [5.41, 5.74) is 1.26. The average Bonchev–Trinajstić information content (AvgIpc) is 2.81. The van der Waals surface area contributed by atoms with Gasteiger partial charge in [-0.25, -0.2) is 0 Å². The number of anilines is 1. The number of carbonyl (C=O) groups is 2. The maximum atomic E-state index is 13.0. The first-order chi connectivity index (χ1) is 15.5. The normalized spacial score (nSPS) is 11.0. The van der Waals surface area contributed by atoms with E-state index in [1.807, 2.05) is 30.3 Å². The maximum Gasteiger partial charge on any atom is 0.259 e. The maximum absolute atomic E-state index is 13.0. The number of fused-ring (bicyclic) bond motifs is 3. The van der Waals surface area contributed by atoms with E-state index in [0.29, 0.717) is 16.6 Å². The molecule has 156 valence electrons. The standard InChI is InChI=1S/C27H20N2O3/c1-28-26(31)20-7-6-19-15-25(30)24(14-22(19)12-20)27(32)29-23-9-8-18-10-16-4-2-3-5-17(16)11-21(18)13-23/h2-15,30H,1H3,(H,28,31)(H,29,32). The Kier molecular flexibility index (Phi) is 4.71. The minimum atomic E-state index is -0.421. The molecule has 5 nitrogen and oxygen atoms in total. The van der Waals surface area contributed by atoms with Gasteiger partial charge in [0.25, 0.3) is 11.8 Å². The van der Waals surface area contributed by atoms with E-state index in [1.54, 1.807) is 31.3 Å². The number of benzene rings is 5. The molecule has 32 heavy (non-hydrogen) atoms. The average molecular weight is 420 g/mol. The molecule has 5 heteroatoms. The van der Waals surface area contributed by atoms with Crippen LogP contribution in [-0.4, -0.2) is 24.0 Å². The Balaban J connectivity index is 1.49. The molecule has 0 saturated heterocycles. The van der Waals surface area contributed by atoms with Gasteiger partial charge in [-0.05, 0) is 80.8 Å². The second-order valence-corrected chi connectivity index (χ2v) is 7.73. The van der Waals surface area contributed by atoms with Crippen LogP contribution in [0, 0.1) is 0 Å². The molecule has 0 fully saturated rings. The van der Waals surface area contributed by atoms with Crippen LogP contribution < -0.4 is 10.6 Å². The topological polar surface area (TPSA) is 78.4 Å². The SMILES string of the molecule is CNC(=O)c1ccc2cc(O)c(C(=O)Nc3ccc4cc5ccccc5cc4c3)cc2c1. The zero-order valence-electron chi connectivity index (χ0n) is 17.3. The molecule has 0 atom stereocenters. The summed E-state index contributed by atoms with van der Waals surface area (Å²) in [5.74, 6) is -0.751. The smallest absolute Gasteiger partial charge is 0.259 e. The van der Waals surface area contributed by atoms with Crippen molar-refractivity contribution in [3.8, 4) is 5.75 Å². The van der Waals surface area contributed by atoms with Crippen LogP contribution in [0.15, 0.2) is 84.9 Å². The zero-order valence-corrected chi connectivity index (χ0v) is 17.3. The first kappa shape index (κ1) is 19.6. The molecule has 0 spiro atoms. The van der Waals surface area contributed by atoms with Crippen LogP contribution in [-0.2, 0) is 0 Å². The predicted molar refractivity (Wildman–Crippen MR) is 128 cm³/mol. The van der Waals surface area contributed by atoms with Gasteiger partial charge in [0.2, 0.25) is 0 Å². The van der Waals surface area contributed by atoms with Gasteiger partial charge in [-0.15, -0.1) is 0 Å². The van der Waals surface area contributed by atoms with Gasteiger partial charge >= 0.3 is 0 Å². The van der Waals surface area contributed by atoms with E-state index in [1.165, 1.54) is 6.07 Å². The van der Waals surface area contributed by atoms with Crippen molar-refractivity contribution < 1.29 is 14.7 Å². The van der Waals surface area contributed by atoms with Gasteiger partial charge in [-0.1, -0.05) is 36.4 Å². The molecule has 5 rings (SSSR count). The number of nitrogens with one attached hydrogen (secondary N) is 2. The number of aromatic hydroxyl groups is 1. The first-order valence-corrected chi connectivity index (χ1v) is 10.2. The molecular formula is C27H20N2O3. The van der Waals surface area contributed by atoms with Gasteiger partial charge in [-0.3, -0.25) is 9.59 Å². The van der Waals surface area contributed by atoms with Crippen molar-refractivity contribution in [2.75, 3.05) is 12.4 Å². The van der Waals surface area contributed by atoms with Crippen LogP contribution in [0.25, 0.3) is 32.3 Å². The van der Waals surface area contributed by atoms with Crippen molar-refractivity contribution in [1.82, 2.24) is 5.32 Å². The summed E-state index contributed by atoms with van der Waals surface area (Å²) >= 11 is 0. The molecule has 0 aromatic heterocycles. The second-order valence-electron chi connectivity index (χ2n) is 7.73. The van der Waals surface area contributed by atoms with Gasteiger partial charge in [0.05, 0.1) is 5.56 Å². The van der Waals surface area contributed by atoms with E-state index >= 15 is 0 Å². The molecule has 5 aromatic rings. The molecule has 0 aliphatic carbocycles. The summed E-state index contributed by atoms with van der Waals surface area (Å²) < 4.78 is 0. The van der Waals surface area contributed by atoms with E-state index in [0.717, 1.165) is 26.9 Å². The molecule has 5 aromatic carbocycles. The fraction of sp³-hybridized carbons (Fsp3) is 0.0370. The van der Waals surface area contributed by atoms with Crippen molar-refractivity contribution in [3.63, 3.8) is 0 Å². The van der Waals surface area contributed by atoms with Crippen molar-refractivity contribution in [3.05, 3.63) is 96.1 Å². The zero-order chi connectivity index (χ0) is 22.2. The quantitative estimate of drug-likeness (QED) is 0.339. The Bertz CT molecular complexity index is 1540. The monoisotopic (exact) mass is 420 g/mol. The second kappa shape index (κ2) is 7.71.